The molecule has 156 valence electrons. The van der Waals surface area contributed by atoms with Gasteiger partial charge < -0.3 is 10.0 Å². The van der Waals surface area contributed by atoms with Crippen LogP contribution in [0.4, 0.5) is 0 Å². The van der Waals surface area contributed by atoms with Gasteiger partial charge in [0.15, 0.2) is 0 Å². The van der Waals surface area contributed by atoms with Crippen molar-refractivity contribution in [2.45, 2.75) is 76.9 Å². The van der Waals surface area contributed by atoms with Crippen molar-refractivity contribution < 1.29 is 9.90 Å². The summed E-state index contributed by atoms with van der Waals surface area (Å²) in [6.45, 7) is 4.18. The standard InChI is InChI=1S/C22H36N4O2/c27-20-10-14-25(15-19-9-12-23-24-19)16-22(20)11-4-13-26(17-22)21(28)8-7-18-5-2-1-3-6-18/h9,12,18,20,27H,1-8,10-11,13-17H2,(H,23,24)/t20-,22-/m1/s1. The number of nitrogens with zero attached hydrogens (tertiary/aromatic N) is 3. The van der Waals surface area contributed by atoms with Gasteiger partial charge in [-0.15, -0.1) is 0 Å². The first-order valence-electron chi connectivity index (χ1n) is 11.3. The molecule has 1 aromatic heterocycles. The Balaban J connectivity index is 1.34. The summed E-state index contributed by atoms with van der Waals surface area (Å²) in [5.74, 6) is 1.06. The van der Waals surface area contributed by atoms with E-state index in [1.807, 2.05) is 6.07 Å². The van der Waals surface area contributed by atoms with Crippen LogP contribution in [0.3, 0.4) is 0 Å². The van der Waals surface area contributed by atoms with Crippen LogP contribution in [0, 0.1) is 11.3 Å². The van der Waals surface area contributed by atoms with E-state index in [-0.39, 0.29) is 11.5 Å². The lowest BCUT2D eigenvalue weighted by Crippen LogP contribution is -2.59. The smallest absolute Gasteiger partial charge is 0.222 e. The van der Waals surface area contributed by atoms with Crippen LogP contribution in [-0.2, 0) is 11.3 Å². The Morgan fingerprint density at radius 3 is 2.82 bits per heavy atom. The molecular weight excluding hydrogens is 352 g/mol. The van der Waals surface area contributed by atoms with Gasteiger partial charge in [-0.3, -0.25) is 14.8 Å². The third-order valence-electron chi connectivity index (χ3n) is 7.37. The number of amides is 1. The van der Waals surface area contributed by atoms with E-state index in [1.54, 1.807) is 6.20 Å². The fourth-order valence-electron chi connectivity index (χ4n) is 5.73. The molecule has 0 radical (unpaired) electrons. The molecule has 0 bridgehead atoms. The summed E-state index contributed by atoms with van der Waals surface area (Å²) in [5.41, 5.74) is 0.944. The minimum Gasteiger partial charge on any atom is -0.392 e. The van der Waals surface area contributed by atoms with Crippen molar-refractivity contribution >= 4 is 5.91 Å². The average molecular weight is 389 g/mol. The largest absolute Gasteiger partial charge is 0.392 e. The maximum absolute atomic E-state index is 12.9. The van der Waals surface area contributed by atoms with Gasteiger partial charge in [-0.05, 0) is 37.7 Å². The maximum atomic E-state index is 12.9. The number of nitrogens with one attached hydrogen (secondary N) is 1. The monoisotopic (exact) mass is 388 g/mol. The van der Waals surface area contributed by atoms with E-state index in [1.165, 1.54) is 32.1 Å². The fraction of sp³-hybridized carbons (Fsp3) is 0.818. The third kappa shape index (κ3) is 4.60. The highest BCUT2D eigenvalue weighted by molar-refractivity contribution is 5.76. The topological polar surface area (TPSA) is 72.5 Å². The predicted molar refractivity (Wildman–Crippen MR) is 109 cm³/mol. The van der Waals surface area contributed by atoms with Crippen molar-refractivity contribution in [1.82, 2.24) is 20.0 Å². The summed E-state index contributed by atoms with van der Waals surface area (Å²) in [7, 11) is 0. The molecule has 4 rings (SSSR count). The van der Waals surface area contributed by atoms with E-state index in [9.17, 15) is 9.90 Å². The number of hydrogen-bond donors (Lipinski definition) is 2. The van der Waals surface area contributed by atoms with Gasteiger partial charge in [0.2, 0.25) is 5.91 Å². The first kappa shape index (κ1) is 19.9. The first-order valence-corrected chi connectivity index (χ1v) is 11.3. The summed E-state index contributed by atoms with van der Waals surface area (Å²) in [5, 5.41) is 18.0. The summed E-state index contributed by atoms with van der Waals surface area (Å²) in [6.07, 6.45) is 12.7. The number of aromatic amines is 1. The Morgan fingerprint density at radius 2 is 2.04 bits per heavy atom. The van der Waals surface area contributed by atoms with Gasteiger partial charge in [-0.25, -0.2) is 0 Å². The van der Waals surface area contributed by atoms with Crippen LogP contribution in [0.25, 0.3) is 0 Å². The normalized spacial score (nSPS) is 30.0. The summed E-state index contributed by atoms with van der Waals surface area (Å²) >= 11 is 0. The Labute approximate surface area is 168 Å². The van der Waals surface area contributed by atoms with Crippen molar-refractivity contribution in [1.29, 1.82) is 0 Å². The van der Waals surface area contributed by atoms with Gasteiger partial charge in [-0.2, -0.15) is 5.10 Å². The van der Waals surface area contributed by atoms with Gasteiger partial charge >= 0.3 is 0 Å². The van der Waals surface area contributed by atoms with Crippen LogP contribution in [0.15, 0.2) is 12.3 Å². The van der Waals surface area contributed by atoms with E-state index in [4.69, 9.17) is 0 Å². The Bertz CT molecular complexity index is 628. The average Bonchev–Trinajstić information content (AvgIpc) is 3.23. The highest BCUT2D eigenvalue weighted by Crippen LogP contribution is 2.39. The molecule has 2 aliphatic heterocycles. The van der Waals surface area contributed by atoms with Gasteiger partial charge in [0.25, 0.3) is 0 Å². The quantitative estimate of drug-likeness (QED) is 0.813. The van der Waals surface area contributed by atoms with E-state index in [2.05, 4.69) is 20.0 Å². The number of rotatable bonds is 5. The number of aromatic nitrogens is 2. The molecule has 2 atom stereocenters. The summed E-state index contributed by atoms with van der Waals surface area (Å²) < 4.78 is 0. The molecule has 2 saturated heterocycles. The number of aliphatic hydroxyl groups is 1. The van der Waals surface area contributed by atoms with Crippen molar-refractivity contribution in [2.24, 2.45) is 11.3 Å². The van der Waals surface area contributed by atoms with Crippen molar-refractivity contribution in [3.05, 3.63) is 18.0 Å². The number of H-pyrrole nitrogens is 1. The molecule has 0 unspecified atom stereocenters. The summed E-state index contributed by atoms with van der Waals surface area (Å²) in [6, 6.07) is 2.01. The molecule has 1 saturated carbocycles. The molecule has 3 aliphatic rings. The zero-order valence-corrected chi connectivity index (χ0v) is 17.1. The van der Waals surface area contributed by atoms with Gasteiger partial charge in [0.1, 0.15) is 0 Å². The zero-order chi connectivity index (χ0) is 19.4. The number of hydrogen-bond acceptors (Lipinski definition) is 4. The van der Waals surface area contributed by atoms with Crippen LogP contribution in [0.5, 0.6) is 0 Å². The zero-order valence-electron chi connectivity index (χ0n) is 17.1. The molecule has 1 aromatic rings. The molecular formula is C22H36N4O2. The van der Waals surface area contributed by atoms with Crippen molar-refractivity contribution in [3.8, 4) is 0 Å². The van der Waals surface area contributed by atoms with Crippen LogP contribution >= 0.6 is 0 Å². The van der Waals surface area contributed by atoms with Crippen LogP contribution in [0.1, 0.15) is 69.9 Å². The Morgan fingerprint density at radius 1 is 1.18 bits per heavy atom. The second-order valence-corrected chi connectivity index (χ2v) is 9.42. The minimum absolute atomic E-state index is 0.170. The molecule has 28 heavy (non-hydrogen) atoms. The molecule has 3 heterocycles. The van der Waals surface area contributed by atoms with Gasteiger partial charge in [0.05, 0.1) is 6.10 Å². The van der Waals surface area contributed by atoms with Gasteiger partial charge in [-0.1, -0.05) is 32.1 Å². The minimum atomic E-state index is -0.306. The van der Waals surface area contributed by atoms with E-state index >= 15 is 0 Å². The molecule has 6 heteroatoms. The van der Waals surface area contributed by atoms with E-state index in [0.717, 1.165) is 70.0 Å². The van der Waals surface area contributed by atoms with E-state index in [0.29, 0.717) is 12.3 Å². The van der Waals surface area contributed by atoms with Crippen LogP contribution < -0.4 is 0 Å². The number of carbonyl (C=O) groups is 1. The fourth-order valence-corrected chi connectivity index (χ4v) is 5.73. The lowest BCUT2D eigenvalue weighted by Gasteiger charge is -2.51. The van der Waals surface area contributed by atoms with Crippen molar-refractivity contribution in [3.63, 3.8) is 0 Å². The molecule has 2 N–H and O–H groups in total. The van der Waals surface area contributed by atoms with Crippen molar-refractivity contribution in [2.75, 3.05) is 26.2 Å². The predicted octanol–water partition coefficient (Wildman–Crippen LogP) is 2.95. The molecule has 0 aromatic carbocycles. The van der Waals surface area contributed by atoms with E-state index < -0.39 is 0 Å². The van der Waals surface area contributed by atoms with Gasteiger partial charge in [0, 0.05) is 56.5 Å². The molecule has 6 nitrogen and oxygen atoms in total. The van der Waals surface area contributed by atoms with Crippen LogP contribution in [-0.4, -0.2) is 63.3 Å². The summed E-state index contributed by atoms with van der Waals surface area (Å²) in [4.78, 5) is 17.4. The highest BCUT2D eigenvalue weighted by Gasteiger charge is 2.46. The highest BCUT2D eigenvalue weighted by atomic mass is 16.3. The molecule has 1 spiro atoms. The second-order valence-electron chi connectivity index (χ2n) is 9.42. The third-order valence-corrected chi connectivity index (χ3v) is 7.37. The Hall–Kier alpha value is -1.40. The lowest BCUT2D eigenvalue weighted by atomic mass is 9.71. The molecule has 3 fully saturated rings. The second kappa shape index (κ2) is 8.95. The Kier molecular flexibility index (Phi) is 6.36. The number of piperidine rings is 2. The molecule has 1 aliphatic carbocycles. The maximum Gasteiger partial charge on any atom is 0.222 e. The lowest BCUT2D eigenvalue weighted by molar-refractivity contribution is -0.142. The number of likely N-dealkylation sites (tertiary alicyclic amines) is 2. The number of aliphatic hydroxyl groups excluding tert-OH is 1. The number of carbonyl (C=O) groups excluding carboxylic acids is 1. The first-order chi connectivity index (χ1) is 13.6. The van der Waals surface area contributed by atoms with Crippen LogP contribution in [0.2, 0.25) is 0 Å². The molecule has 1 amide bonds. The SMILES string of the molecule is O=C(CCC1CCCCC1)N1CCC[C@@]2(CN(Cc3ccn[nH]3)CC[C@H]2O)C1.